The van der Waals surface area contributed by atoms with Crippen molar-refractivity contribution in [1.29, 1.82) is 0 Å². The van der Waals surface area contributed by atoms with E-state index in [0.29, 0.717) is 13.0 Å². The number of hydrogen-bond donors (Lipinski definition) is 0. The van der Waals surface area contributed by atoms with Crippen molar-refractivity contribution < 1.29 is 22.7 Å². The van der Waals surface area contributed by atoms with Gasteiger partial charge in [0.1, 0.15) is 5.40 Å². The molecule has 0 aromatic rings. The molecule has 0 heterocycles. The molecular weight excluding hydrogens is 382 g/mol. The van der Waals surface area contributed by atoms with Gasteiger partial charge in [-0.05, 0) is 73.6 Å². The van der Waals surface area contributed by atoms with Crippen molar-refractivity contribution in [2.45, 2.75) is 79.0 Å². The highest BCUT2D eigenvalue weighted by Gasteiger charge is 2.46. The first kappa shape index (κ1) is 26.8. The molecule has 0 saturated heterocycles. The predicted octanol–water partition coefficient (Wildman–Crippen LogP) is 7.39. The monoisotopic (exact) mass is 422 g/mol. The molecule has 7 heteroatoms. The van der Waals surface area contributed by atoms with Crippen LogP contribution in [0.1, 0.15) is 73.6 Å². The second-order valence-electron chi connectivity index (χ2n) is 6.98. The van der Waals surface area contributed by atoms with E-state index in [0.717, 1.165) is 25.7 Å². The first-order valence-corrected chi connectivity index (χ1v) is 13.8. The Morgan fingerprint density at radius 1 is 0.889 bits per heavy atom. The van der Waals surface area contributed by atoms with Gasteiger partial charge in [0.05, 0.1) is 19.8 Å². The fourth-order valence-corrected chi connectivity index (χ4v) is 8.53. The summed E-state index contributed by atoms with van der Waals surface area (Å²) in [6, 6.07) is 0. The van der Waals surface area contributed by atoms with E-state index in [9.17, 15) is 9.13 Å². The lowest BCUT2D eigenvalue weighted by Gasteiger charge is -2.30. The predicted molar refractivity (Wildman–Crippen MR) is 116 cm³/mol. The second kappa shape index (κ2) is 13.9. The van der Waals surface area contributed by atoms with Gasteiger partial charge in [0.25, 0.3) is 0 Å². The SMILES string of the molecule is CCOP(C)(=O)C(CCC/C=C(\C)CCC=C(C)C)P(=O)(OCC)OCC. The van der Waals surface area contributed by atoms with Gasteiger partial charge in [0.15, 0.2) is 0 Å². The van der Waals surface area contributed by atoms with Gasteiger partial charge in [-0.15, -0.1) is 0 Å². The van der Waals surface area contributed by atoms with E-state index in [-0.39, 0.29) is 13.2 Å². The van der Waals surface area contributed by atoms with Crippen LogP contribution in [0.4, 0.5) is 0 Å². The Morgan fingerprint density at radius 2 is 1.44 bits per heavy atom. The summed E-state index contributed by atoms with van der Waals surface area (Å²) >= 11 is 0. The topological polar surface area (TPSA) is 61.8 Å². The molecule has 5 nitrogen and oxygen atoms in total. The molecule has 0 aliphatic rings. The van der Waals surface area contributed by atoms with E-state index in [1.165, 1.54) is 11.1 Å². The highest BCUT2D eigenvalue weighted by Crippen LogP contribution is 2.69. The Kier molecular flexibility index (Phi) is 13.8. The van der Waals surface area contributed by atoms with Gasteiger partial charge >= 0.3 is 7.60 Å². The maximum absolute atomic E-state index is 13.2. The third-order valence-electron chi connectivity index (χ3n) is 4.16. The Bertz CT molecular complexity index is 555. The van der Waals surface area contributed by atoms with Crippen molar-refractivity contribution >= 4 is 15.0 Å². The molecule has 0 amide bonds. The first-order valence-electron chi connectivity index (χ1n) is 10.0. The van der Waals surface area contributed by atoms with Crippen LogP contribution < -0.4 is 0 Å². The Morgan fingerprint density at radius 3 is 1.93 bits per heavy atom. The lowest BCUT2D eigenvalue weighted by molar-refractivity contribution is 0.213. The molecule has 0 aromatic carbocycles. The Labute approximate surface area is 166 Å². The molecule has 0 aliphatic heterocycles. The van der Waals surface area contributed by atoms with E-state index < -0.39 is 20.4 Å². The van der Waals surface area contributed by atoms with Gasteiger partial charge in [0, 0.05) is 6.66 Å². The van der Waals surface area contributed by atoms with Crippen LogP contribution in [0.25, 0.3) is 0 Å². The van der Waals surface area contributed by atoms with Crippen LogP contribution in [0.5, 0.6) is 0 Å². The third kappa shape index (κ3) is 10.8. The van der Waals surface area contributed by atoms with Gasteiger partial charge in [-0.25, -0.2) is 0 Å². The molecule has 0 fully saturated rings. The van der Waals surface area contributed by atoms with Crippen LogP contribution in [-0.4, -0.2) is 31.9 Å². The van der Waals surface area contributed by atoms with Crippen LogP contribution >= 0.6 is 15.0 Å². The van der Waals surface area contributed by atoms with Crippen LogP contribution in [0.2, 0.25) is 0 Å². The number of allylic oxidation sites excluding steroid dienone is 4. The van der Waals surface area contributed by atoms with Crippen LogP contribution in [0, 0.1) is 0 Å². The first-order chi connectivity index (χ1) is 12.6. The highest BCUT2D eigenvalue weighted by molar-refractivity contribution is 7.74. The Balaban J connectivity index is 5.04. The largest absolute Gasteiger partial charge is 0.343 e. The molecule has 0 N–H and O–H groups in total. The van der Waals surface area contributed by atoms with Crippen molar-refractivity contribution in [2.24, 2.45) is 0 Å². The zero-order chi connectivity index (χ0) is 20.9. The van der Waals surface area contributed by atoms with Crippen LogP contribution in [-0.2, 0) is 22.7 Å². The molecule has 2 unspecified atom stereocenters. The van der Waals surface area contributed by atoms with Crippen molar-refractivity contribution in [2.75, 3.05) is 26.5 Å². The second-order valence-corrected chi connectivity index (χ2v) is 12.3. The zero-order valence-electron chi connectivity index (χ0n) is 18.3. The summed E-state index contributed by atoms with van der Waals surface area (Å²) in [5, 5.41) is -0.718. The maximum atomic E-state index is 13.2. The van der Waals surface area contributed by atoms with Crippen LogP contribution in [0.15, 0.2) is 23.3 Å². The molecule has 0 radical (unpaired) electrons. The number of rotatable bonds is 15. The maximum Gasteiger partial charge on any atom is 0.343 e. The standard InChI is InChI=1S/C20H40O5P2/c1-8-23-26(7,21)20(27(22,24-9-2)25-10-3)17-12-11-15-19(6)16-13-14-18(4)5/h14-15,20H,8-13,16-17H2,1-7H3/b19-15+. The summed E-state index contributed by atoms with van der Waals surface area (Å²) in [6.07, 6.45) is 8.64. The van der Waals surface area contributed by atoms with E-state index in [1.807, 2.05) is 0 Å². The molecular formula is C20H40O5P2. The third-order valence-corrected chi connectivity index (χ3v) is 10.6. The number of hydrogen-bond acceptors (Lipinski definition) is 5. The van der Waals surface area contributed by atoms with Crippen molar-refractivity contribution in [3.8, 4) is 0 Å². The van der Waals surface area contributed by atoms with Crippen molar-refractivity contribution in [1.82, 2.24) is 0 Å². The summed E-state index contributed by atoms with van der Waals surface area (Å²) in [4.78, 5) is 0. The molecule has 27 heavy (non-hydrogen) atoms. The van der Waals surface area contributed by atoms with Gasteiger partial charge in [-0.3, -0.25) is 9.13 Å². The van der Waals surface area contributed by atoms with Gasteiger partial charge in [0.2, 0.25) is 7.37 Å². The average molecular weight is 422 g/mol. The lowest BCUT2D eigenvalue weighted by Crippen LogP contribution is -2.15. The highest BCUT2D eigenvalue weighted by atomic mass is 31.2. The molecule has 0 bridgehead atoms. The summed E-state index contributed by atoms with van der Waals surface area (Å²) in [5.74, 6) is 0. The van der Waals surface area contributed by atoms with Crippen molar-refractivity contribution in [3.63, 3.8) is 0 Å². The van der Waals surface area contributed by atoms with E-state index in [2.05, 4.69) is 32.9 Å². The van der Waals surface area contributed by atoms with E-state index >= 15 is 0 Å². The smallest absolute Gasteiger partial charge is 0.328 e. The van der Waals surface area contributed by atoms with Crippen LogP contribution in [0.3, 0.4) is 0 Å². The minimum Gasteiger partial charge on any atom is -0.328 e. The zero-order valence-corrected chi connectivity index (χ0v) is 20.1. The van der Waals surface area contributed by atoms with E-state index in [1.54, 1.807) is 27.4 Å². The molecule has 0 saturated carbocycles. The lowest BCUT2D eigenvalue weighted by atomic mass is 10.1. The fraction of sp³-hybridized carbons (Fsp3) is 0.800. The minimum absolute atomic E-state index is 0.253. The van der Waals surface area contributed by atoms with E-state index in [4.69, 9.17) is 13.6 Å². The van der Waals surface area contributed by atoms with Gasteiger partial charge in [-0.2, -0.15) is 0 Å². The summed E-state index contributed by atoms with van der Waals surface area (Å²) < 4.78 is 42.8. The minimum atomic E-state index is -3.49. The van der Waals surface area contributed by atoms with Gasteiger partial charge in [-0.1, -0.05) is 23.3 Å². The quantitative estimate of drug-likeness (QED) is 0.156. The molecule has 0 aromatic heterocycles. The van der Waals surface area contributed by atoms with Gasteiger partial charge < -0.3 is 13.6 Å². The summed E-state index contributed by atoms with van der Waals surface area (Å²) in [7, 11) is -6.61. The van der Waals surface area contributed by atoms with Crippen molar-refractivity contribution in [3.05, 3.63) is 23.3 Å². The molecule has 0 aliphatic carbocycles. The average Bonchev–Trinajstić information content (AvgIpc) is 2.54. The Hall–Kier alpha value is -0.180. The summed E-state index contributed by atoms with van der Waals surface area (Å²) in [5.41, 5.74) is 2.68. The molecule has 0 rings (SSSR count). The fourth-order valence-electron chi connectivity index (χ4n) is 2.90. The number of unbranched alkanes of at least 4 members (excludes halogenated alkanes) is 1. The molecule has 160 valence electrons. The summed E-state index contributed by atoms with van der Waals surface area (Å²) in [6.45, 7) is 14.0. The molecule has 2 atom stereocenters. The molecule has 0 spiro atoms. The normalized spacial score (nSPS) is 16.0.